The Bertz CT molecular complexity index is 454. The zero-order chi connectivity index (χ0) is 14.4. The summed E-state index contributed by atoms with van der Waals surface area (Å²) in [7, 11) is 1.31. The van der Waals surface area contributed by atoms with Crippen molar-refractivity contribution in [3.05, 3.63) is 21.4 Å². The van der Waals surface area contributed by atoms with Crippen molar-refractivity contribution < 1.29 is 14.3 Å². The molecule has 106 valence electrons. The number of hydrogen-bond acceptors (Lipinski definition) is 4. The monoisotopic (exact) mass is 283 g/mol. The van der Waals surface area contributed by atoms with E-state index in [9.17, 15) is 9.59 Å². The third-order valence-corrected chi connectivity index (χ3v) is 4.12. The van der Waals surface area contributed by atoms with Crippen molar-refractivity contribution in [2.24, 2.45) is 0 Å². The summed E-state index contributed by atoms with van der Waals surface area (Å²) in [6, 6.07) is 1.30. The Kier molecular flexibility index (Phi) is 6.02. The maximum atomic E-state index is 12.1. The van der Waals surface area contributed by atoms with Gasteiger partial charge < -0.3 is 10.1 Å². The number of esters is 1. The van der Waals surface area contributed by atoms with Crippen LogP contribution in [0.5, 0.6) is 0 Å². The van der Waals surface area contributed by atoms with Crippen LogP contribution in [-0.2, 0) is 22.4 Å². The number of hydrogen-bond donors (Lipinski definition) is 1. The van der Waals surface area contributed by atoms with Gasteiger partial charge >= 0.3 is 5.97 Å². The predicted octanol–water partition coefficient (Wildman–Crippen LogP) is 2.55. The van der Waals surface area contributed by atoms with E-state index >= 15 is 0 Å². The Morgan fingerprint density at radius 2 is 2.11 bits per heavy atom. The zero-order valence-electron chi connectivity index (χ0n) is 11.9. The largest absolute Gasteiger partial charge is 0.467 e. The maximum absolute atomic E-state index is 12.1. The van der Waals surface area contributed by atoms with E-state index in [1.54, 1.807) is 6.92 Å². The summed E-state index contributed by atoms with van der Waals surface area (Å²) in [5.74, 6) is -0.644. The summed E-state index contributed by atoms with van der Waals surface area (Å²) in [6.07, 6.45) is 2.98. The van der Waals surface area contributed by atoms with Gasteiger partial charge in [-0.3, -0.25) is 4.79 Å². The predicted molar refractivity (Wildman–Crippen MR) is 76.6 cm³/mol. The second-order valence-electron chi connectivity index (χ2n) is 4.38. The van der Waals surface area contributed by atoms with Crippen molar-refractivity contribution in [2.75, 3.05) is 7.11 Å². The number of ether oxygens (including phenoxy) is 1. The van der Waals surface area contributed by atoms with Crippen molar-refractivity contribution in [2.45, 2.75) is 46.1 Å². The van der Waals surface area contributed by atoms with Gasteiger partial charge in [0.25, 0.3) is 5.91 Å². The molecule has 1 N–H and O–H groups in total. The van der Waals surface area contributed by atoms with Crippen LogP contribution >= 0.6 is 11.3 Å². The fourth-order valence-electron chi connectivity index (χ4n) is 1.82. The number of aryl methyl sites for hydroxylation is 2. The van der Waals surface area contributed by atoms with Gasteiger partial charge in [-0.05, 0) is 31.4 Å². The third-order valence-electron chi connectivity index (χ3n) is 2.88. The highest BCUT2D eigenvalue weighted by Gasteiger charge is 2.19. The van der Waals surface area contributed by atoms with Gasteiger partial charge in [0.1, 0.15) is 6.04 Å². The summed E-state index contributed by atoms with van der Waals surface area (Å²) in [6.45, 7) is 5.82. The third kappa shape index (κ3) is 4.06. The summed E-state index contributed by atoms with van der Waals surface area (Å²) < 4.78 is 4.59. The summed E-state index contributed by atoms with van der Waals surface area (Å²) in [5.41, 5.74) is 1.22. The molecule has 1 aromatic heterocycles. The molecule has 5 heteroatoms. The first kappa shape index (κ1) is 15.7. The van der Waals surface area contributed by atoms with E-state index in [4.69, 9.17) is 0 Å². The lowest BCUT2D eigenvalue weighted by Gasteiger charge is -2.10. The summed E-state index contributed by atoms with van der Waals surface area (Å²) in [5, 5.41) is 2.65. The number of amides is 1. The number of carbonyl (C=O) groups excluding carboxylic acids is 2. The molecule has 1 aromatic rings. The molecule has 0 saturated carbocycles. The summed E-state index contributed by atoms with van der Waals surface area (Å²) in [4.78, 5) is 25.3. The second kappa shape index (κ2) is 7.28. The van der Waals surface area contributed by atoms with E-state index < -0.39 is 12.0 Å². The molecule has 0 aromatic carbocycles. The molecule has 1 heterocycles. The standard InChI is InChI=1S/C14H21NO3S/c1-5-7-11-10(6-2)8-12(19-11)13(16)15-9(3)14(17)18-4/h8-9H,5-7H2,1-4H3,(H,15,16). The highest BCUT2D eigenvalue weighted by Crippen LogP contribution is 2.24. The lowest BCUT2D eigenvalue weighted by atomic mass is 10.1. The zero-order valence-corrected chi connectivity index (χ0v) is 12.7. The van der Waals surface area contributed by atoms with Gasteiger partial charge in [0.15, 0.2) is 0 Å². The number of thiophene rings is 1. The minimum atomic E-state index is -0.626. The van der Waals surface area contributed by atoms with E-state index in [0.717, 1.165) is 19.3 Å². The van der Waals surface area contributed by atoms with Gasteiger partial charge in [-0.15, -0.1) is 11.3 Å². The molecule has 1 atom stereocenters. The maximum Gasteiger partial charge on any atom is 0.328 e. The highest BCUT2D eigenvalue weighted by molar-refractivity contribution is 7.14. The van der Waals surface area contributed by atoms with Crippen molar-refractivity contribution in [1.82, 2.24) is 5.32 Å². The molecule has 0 aliphatic carbocycles. The Hall–Kier alpha value is -1.36. The van der Waals surface area contributed by atoms with Gasteiger partial charge in [-0.2, -0.15) is 0 Å². The Morgan fingerprint density at radius 3 is 2.63 bits per heavy atom. The first-order valence-electron chi connectivity index (χ1n) is 6.53. The molecule has 4 nitrogen and oxygen atoms in total. The molecule has 0 aliphatic rings. The molecular formula is C14H21NO3S. The number of carbonyl (C=O) groups is 2. The van der Waals surface area contributed by atoms with Gasteiger partial charge in [0, 0.05) is 4.88 Å². The van der Waals surface area contributed by atoms with Crippen LogP contribution in [0.25, 0.3) is 0 Å². The topological polar surface area (TPSA) is 55.4 Å². The normalized spacial score (nSPS) is 12.0. The van der Waals surface area contributed by atoms with Crippen LogP contribution < -0.4 is 5.32 Å². The van der Waals surface area contributed by atoms with Crippen LogP contribution in [0.15, 0.2) is 6.07 Å². The second-order valence-corrected chi connectivity index (χ2v) is 5.52. The van der Waals surface area contributed by atoms with E-state index in [1.807, 2.05) is 6.07 Å². The Balaban J connectivity index is 2.79. The lowest BCUT2D eigenvalue weighted by molar-refractivity contribution is -0.142. The number of rotatable bonds is 6. The fourth-order valence-corrected chi connectivity index (χ4v) is 3.08. The van der Waals surface area contributed by atoms with Crippen molar-refractivity contribution in [3.63, 3.8) is 0 Å². The van der Waals surface area contributed by atoms with Crippen molar-refractivity contribution in [1.29, 1.82) is 0 Å². The van der Waals surface area contributed by atoms with Crippen LogP contribution in [0.4, 0.5) is 0 Å². The minimum Gasteiger partial charge on any atom is -0.467 e. The lowest BCUT2D eigenvalue weighted by Crippen LogP contribution is -2.38. The Morgan fingerprint density at radius 1 is 1.42 bits per heavy atom. The Labute approximate surface area is 118 Å². The fraction of sp³-hybridized carbons (Fsp3) is 0.571. The average Bonchev–Trinajstić information content (AvgIpc) is 2.81. The van der Waals surface area contributed by atoms with Crippen LogP contribution in [0.2, 0.25) is 0 Å². The molecule has 1 rings (SSSR count). The van der Waals surface area contributed by atoms with E-state index in [1.165, 1.54) is 28.9 Å². The number of nitrogens with one attached hydrogen (secondary N) is 1. The quantitative estimate of drug-likeness (QED) is 0.816. The molecule has 0 radical (unpaired) electrons. The van der Waals surface area contributed by atoms with Crippen LogP contribution in [0, 0.1) is 0 Å². The van der Waals surface area contributed by atoms with Gasteiger partial charge in [-0.1, -0.05) is 20.3 Å². The molecule has 0 fully saturated rings. The highest BCUT2D eigenvalue weighted by atomic mass is 32.1. The van der Waals surface area contributed by atoms with Crippen molar-refractivity contribution >= 4 is 23.2 Å². The molecule has 0 aliphatic heterocycles. The first-order valence-corrected chi connectivity index (χ1v) is 7.35. The molecular weight excluding hydrogens is 262 g/mol. The molecule has 0 spiro atoms. The minimum absolute atomic E-state index is 0.208. The summed E-state index contributed by atoms with van der Waals surface area (Å²) >= 11 is 1.51. The smallest absolute Gasteiger partial charge is 0.328 e. The van der Waals surface area contributed by atoms with Crippen molar-refractivity contribution in [3.8, 4) is 0 Å². The average molecular weight is 283 g/mol. The van der Waals surface area contributed by atoms with E-state index in [0.29, 0.717) is 4.88 Å². The van der Waals surface area contributed by atoms with Gasteiger partial charge in [0.2, 0.25) is 0 Å². The van der Waals surface area contributed by atoms with E-state index in [-0.39, 0.29) is 5.91 Å². The van der Waals surface area contributed by atoms with Gasteiger partial charge in [0.05, 0.1) is 12.0 Å². The molecule has 1 amide bonds. The first-order chi connectivity index (χ1) is 9.03. The SMILES string of the molecule is CCCc1sc(C(=O)NC(C)C(=O)OC)cc1CC. The van der Waals surface area contributed by atoms with Gasteiger partial charge in [-0.25, -0.2) is 4.79 Å². The van der Waals surface area contributed by atoms with E-state index in [2.05, 4.69) is 23.9 Å². The van der Waals surface area contributed by atoms with Crippen LogP contribution in [-0.4, -0.2) is 25.0 Å². The molecule has 1 unspecified atom stereocenters. The van der Waals surface area contributed by atoms with Crippen LogP contribution in [0.3, 0.4) is 0 Å². The molecule has 19 heavy (non-hydrogen) atoms. The van der Waals surface area contributed by atoms with Crippen LogP contribution in [0.1, 0.15) is 47.3 Å². The molecule has 0 saturated heterocycles. The molecule has 0 bridgehead atoms. The number of methoxy groups -OCH3 is 1.